The van der Waals surface area contributed by atoms with Crippen LogP contribution in [0.2, 0.25) is 5.02 Å². The molecule has 1 saturated carbocycles. The van der Waals surface area contributed by atoms with Crippen molar-refractivity contribution in [3.63, 3.8) is 0 Å². The van der Waals surface area contributed by atoms with E-state index in [4.69, 9.17) is 11.6 Å². The lowest BCUT2D eigenvalue weighted by molar-refractivity contribution is 0.127. The van der Waals surface area contributed by atoms with Gasteiger partial charge in [0, 0.05) is 29.8 Å². The molecule has 0 spiro atoms. The SMILES string of the molecule is OCC1CCCCC1NCC(O)c1ccccc1Cl. The van der Waals surface area contributed by atoms with Gasteiger partial charge in [-0.05, 0) is 24.8 Å². The third-order valence-electron chi connectivity index (χ3n) is 3.98. The van der Waals surface area contributed by atoms with Gasteiger partial charge in [-0.3, -0.25) is 0 Å². The number of hydrogen-bond acceptors (Lipinski definition) is 3. The largest absolute Gasteiger partial charge is 0.396 e. The molecule has 0 bridgehead atoms. The fourth-order valence-electron chi connectivity index (χ4n) is 2.81. The first-order valence-electron chi connectivity index (χ1n) is 6.99. The summed E-state index contributed by atoms with van der Waals surface area (Å²) in [4.78, 5) is 0. The first kappa shape index (κ1) is 14.8. The molecule has 0 saturated heterocycles. The van der Waals surface area contributed by atoms with Crippen molar-refractivity contribution < 1.29 is 10.2 Å². The molecule has 0 heterocycles. The van der Waals surface area contributed by atoms with Crippen LogP contribution >= 0.6 is 11.6 Å². The fourth-order valence-corrected chi connectivity index (χ4v) is 3.07. The van der Waals surface area contributed by atoms with Crippen molar-refractivity contribution in [1.29, 1.82) is 0 Å². The predicted octanol–water partition coefficient (Wildman–Crippen LogP) is 2.51. The van der Waals surface area contributed by atoms with Gasteiger partial charge in [0.15, 0.2) is 0 Å². The van der Waals surface area contributed by atoms with E-state index in [9.17, 15) is 10.2 Å². The van der Waals surface area contributed by atoms with E-state index in [1.807, 2.05) is 18.2 Å². The Labute approximate surface area is 119 Å². The van der Waals surface area contributed by atoms with Gasteiger partial charge in [-0.25, -0.2) is 0 Å². The quantitative estimate of drug-likeness (QED) is 0.778. The Morgan fingerprint density at radius 2 is 2.00 bits per heavy atom. The third kappa shape index (κ3) is 3.93. The molecule has 0 aromatic heterocycles. The molecule has 3 unspecified atom stereocenters. The van der Waals surface area contributed by atoms with Crippen LogP contribution in [0.25, 0.3) is 0 Å². The van der Waals surface area contributed by atoms with E-state index in [1.165, 1.54) is 12.8 Å². The molecule has 3 atom stereocenters. The zero-order chi connectivity index (χ0) is 13.7. The van der Waals surface area contributed by atoms with Gasteiger partial charge in [-0.15, -0.1) is 0 Å². The van der Waals surface area contributed by atoms with Crippen molar-refractivity contribution >= 4 is 11.6 Å². The van der Waals surface area contributed by atoms with Gasteiger partial charge in [0.1, 0.15) is 0 Å². The van der Waals surface area contributed by atoms with Crippen LogP contribution in [0.5, 0.6) is 0 Å². The smallest absolute Gasteiger partial charge is 0.0928 e. The van der Waals surface area contributed by atoms with Crippen molar-refractivity contribution in [1.82, 2.24) is 5.32 Å². The Morgan fingerprint density at radius 1 is 1.26 bits per heavy atom. The molecular formula is C15H22ClNO2. The van der Waals surface area contributed by atoms with Crippen LogP contribution in [-0.2, 0) is 0 Å². The molecule has 0 radical (unpaired) electrons. The maximum Gasteiger partial charge on any atom is 0.0928 e. The van der Waals surface area contributed by atoms with Crippen LogP contribution in [0, 0.1) is 5.92 Å². The van der Waals surface area contributed by atoms with E-state index in [0.717, 1.165) is 18.4 Å². The molecule has 0 amide bonds. The van der Waals surface area contributed by atoms with Crippen LogP contribution in [0.1, 0.15) is 37.4 Å². The van der Waals surface area contributed by atoms with Gasteiger partial charge in [0.2, 0.25) is 0 Å². The highest BCUT2D eigenvalue weighted by Crippen LogP contribution is 2.26. The number of rotatable bonds is 5. The van der Waals surface area contributed by atoms with Crippen LogP contribution in [-0.4, -0.2) is 29.4 Å². The van der Waals surface area contributed by atoms with Crippen LogP contribution in [0.4, 0.5) is 0 Å². The molecular weight excluding hydrogens is 262 g/mol. The Bertz CT molecular complexity index is 399. The lowest BCUT2D eigenvalue weighted by atomic mass is 9.85. The standard InChI is InChI=1S/C15H22ClNO2/c16-13-7-3-2-6-12(13)15(19)9-17-14-8-4-1-5-11(14)10-18/h2-3,6-7,11,14-15,17-19H,1,4-5,8-10H2. The Morgan fingerprint density at radius 3 is 2.74 bits per heavy atom. The topological polar surface area (TPSA) is 52.5 Å². The Kier molecular flexibility index (Phi) is 5.64. The Hall–Kier alpha value is -0.610. The van der Waals surface area contributed by atoms with E-state index in [-0.39, 0.29) is 6.61 Å². The highest BCUT2D eigenvalue weighted by molar-refractivity contribution is 6.31. The second kappa shape index (κ2) is 7.25. The number of hydrogen-bond donors (Lipinski definition) is 3. The monoisotopic (exact) mass is 283 g/mol. The van der Waals surface area contributed by atoms with Crippen LogP contribution < -0.4 is 5.32 Å². The van der Waals surface area contributed by atoms with Gasteiger partial charge in [0.05, 0.1) is 6.10 Å². The molecule has 4 heteroatoms. The average Bonchev–Trinajstić information content (AvgIpc) is 2.45. The Balaban J connectivity index is 1.89. The van der Waals surface area contributed by atoms with E-state index in [2.05, 4.69) is 5.32 Å². The number of aliphatic hydroxyl groups excluding tert-OH is 2. The van der Waals surface area contributed by atoms with Crippen LogP contribution in [0.3, 0.4) is 0 Å². The van der Waals surface area contributed by atoms with Gasteiger partial charge >= 0.3 is 0 Å². The second-order valence-corrected chi connectivity index (χ2v) is 5.69. The summed E-state index contributed by atoms with van der Waals surface area (Å²) in [5, 5.41) is 23.5. The minimum Gasteiger partial charge on any atom is -0.396 e. The van der Waals surface area contributed by atoms with Gasteiger partial charge in [-0.1, -0.05) is 42.6 Å². The molecule has 1 aromatic carbocycles. The summed E-state index contributed by atoms with van der Waals surface area (Å²) in [6, 6.07) is 7.67. The molecule has 2 rings (SSSR count). The van der Waals surface area contributed by atoms with Crippen molar-refractivity contribution in [3.8, 4) is 0 Å². The lowest BCUT2D eigenvalue weighted by Gasteiger charge is -2.31. The summed E-state index contributed by atoms with van der Waals surface area (Å²) in [5.41, 5.74) is 0.757. The summed E-state index contributed by atoms with van der Waals surface area (Å²) in [6.07, 6.45) is 3.92. The summed E-state index contributed by atoms with van der Waals surface area (Å²) in [7, 11) is 0. The summed E-state index contributed by atoms with van der Waals surface area (Å²) >= 11 is 6.07. The second-order valence-electron chi connectivity index (χ2n) is 5.28. The fraction of sp³-hybridized carbons (Fsp3) is 0.600. The zero-order valence-corrected chi connectivity index (χ0v) is 11.8. The number of benzene rings is 1. The minimum absolute atomic E-state index is 0.222. The van der Waals surface area contributed by atoms with Crippen LogP contribution in [0.15, 0.2) is 24.3 Å². The normalized spacial score (nSPS) is 25.2. The molecule has 1 aliphatic carbocycles. The average molecular weight is 284 g/mol. The first-order chi connectivity index (χ1) is 9.22. The van der Waals surface area contributed by atoms with Gasteiger partial charge in [-0.2, -0.15) is 0 Å². The summed E-state index contributed by atoms with van der Waals surface area (Å²) in [6.45, 7) is 0.699. The molecule has 0 aliphatic heterocycles. The number of aliphatic hydroxyl groups is 2. The molecule has 3 nitrogen and oxygen atoms in total. The van der Waals surface area contributed by atoms with E-state index in [1.54, 1.807) is 6.07 Å². The van der Waals surface area contributed by atoms with Gasteiger partial charge in [0.25, 0.3) is 0 Å². The summed E-state index contributed by atoms with van der Waals surface area (Å²) < 4.78 is 0. The highest BCUT2D eigenvalue weighted by Gasteiger charge is 2.24. The maximum atomic E-state index is 10.2. The van der Waals surface area contributed by atoms with Crippen molar-refractivity contribution in [2.24, 2.45) is 5.92 Å². The maximum absolute atomic E-state index is 10.2. The molecule has 1 aromatic rings. The van der Waals surface area contributed by atoms with E-state index >= 15 is 0 Å². The third-order valence-corrected chi connectivity index (χ3v) is 4.33. The molecule has 19 heavy (non-hydrogen) atoms. The minimum atomic E-state index is -0.602. The molecule has 1 aliphatic rings. The number of halogens is 1. The molecule has 106 valence electrons. The number of nitrogens with one attached hydrogen (secondary N) is 1. The highest BCUT2D eigenvalue weighted by atomic mass is 35.5. The lowest BCUT2D eigenvalue weighted by Crippen LogP contribution is -2.42. The molecule has 3 N–H and O–H groups in total. The van der Waals surface area contributed by atoms with Gasteiger partial charge < -0.3 is 15.5 Å². The van der Waals surface area contributed by atoms with E-state index in [0.29, 0.717) is 23.5 Å². The first-order valence-corrected chi connectivity index (χ1v) is 7.37. The predicted molar refractivity (Wildman–Crippen MR) is 77.2 cm³/mol. The van der Waals surface area contributed by atoms with Crippen molar-refractivity contribution in [2.45, 2.75) is 37.8 Å². The van der Waals surface area contributed by atoms with Crippen molar-refractivity contribution in [2.75, 3.05) is 13.2 Å². The zero-order valence-electron chi connectivity index (χ0n) is 11.1. The molecule has 1 fully saturated rings. The van der Waals surface area contributed by atoms with Crippen molar-refractivity contribution in [3.05, 3.63) is 34.9 Å². The van der Waals surface area contributed by atoms with E-state index < -0.39 is 6.10 Å². The summed E-state index contributed by atoms with van der Waals surface area (Å²) in [5.74, 6) is 0.312.